The van der Waals surface area contributed by atoms with E-state index in [1.54, 1.807) is 12.1 Å². The molecule has 0 aliphatic carbocycles. The van der Waals surface area contributed by atoms with Gasteiger partial charge in [0.15, 0.2) is 11.0 Å². The highest BCUT2D eigenvalue weighted by molar-refractivity contribution is 6.28. The number of aromatic nitrogens is 1. The SMILES string of the molecule is NCc1coc(-c2ccc(Cl)o2)n1. The van der Waals surface area contributed by atoms with Crippen LogP contribution in [-0.4, -0.2) is 4.98 Å². The maximum Gasteiger partial charge on any atom is 0.263 e. The lowest BCUT2D eigenvalue weighted by Crippen LogP contribution is -1.95. The minimum atomic E-state index is 0.308. The smallest absolute Gasteiger partial charge is 0.263 e. The first-order chi connectivity index (χ1) is 6.29. The van der Waals surface area contributed by atoms with E-state index in [1.807, 2.05) is 0 Å². The highest BCUT2D eigenvalue weighted by Gasteiger charge is 2.09. The molecule has 4 nitrogen and oxygen atoms in total. The first kappa shape index (κ1) is 8.34. The van der Waals surface area contributed by atoms with Crippen molar-refractivity contribution < 1.29 is 8.83 Å². The molecule has 0 aliphatic heterocycles. The average molecular weight is 199 g/mol. The van der Waals surface area contributed by atoms with Crippen molar-refractivity contribution in [3.05, 3.63) is 29.3 Å². The Labute approximate surface area is 79.3 Å². The maximum absolute atomic E-state index is 5.59. The topological polar surface area (TPSA) is 65.2 Å². The van der Waals surface area contributed by atoms with Crippen LogP contribution in [-0.2, 0) is 6.54 Å². The molecule has 0 spiro atoms. The Morgan fingerprint density at radius 2 is 2.31 bits per heavy atom. The van der Waals surface area contributed by atoms with Crippen LogP contribution >= 0.6 is 11.6 Å². The van der Waals surface area contributed by atoms with Gasteiger partial charge >= 0.3 is 0 Å². The predicted molar refractivity (Wildman–Crippen MR) is 47.1 cm³/mol. The lowest BCUT2D eigenvalue weighted by Gasteiger charge is -1.85. The number of halogens is 1. The Bertz CT molecular complexity index is 408. The zero-order valence-corrected chi connectivity index (χ0v) is 7.41. The van der Waals surface area contributed by atoms with Gasteiger partial charge in [0.2, 0.25) is 0 Å². The summed E-state index contributed by atoms with van der Waals surface area (Å²) in [5, 5.41) is 0.308. The molecule has 2 heterocycles. The Morgan fingerprint density at radius 1 is 1.46 bits per heavy atom. The Morgan fingerprint density at radius 3 is 2.85 bits per heavy atom. The number of nitrogens with two attached hydrogens (primary N) is 1. The number of furan rings is 1. The second-order valence-corrected chi connectivity index (χ2v) is 2.82. The molecule has 68 valence electrons. The van der Waals surface area contributed by atoms with Crippen LogP contribution in [0.2, 0.25) is 5.22 Å². The molecule has 2 rings (SSSR count). The summed E-state index contributed by atoms with van der Waals surface area (Å²) in [7, 11) is 0. The summed E-state index contributed by atoms with van der Waals surface area (Å²) in [6.07, 6.45) is 1.49. The van der Waals surface area contributed by atoms with Gasteiger partial charge in [-0.25, -0.2) is 4.98 Å². The third kappa shape index (κ3) is 1.59. The van der Waals surface area contributed by atoms with Gasteiger partial charge in [0.05, 0.1) is 5.69 Å². The van der Waals surface area contributed by atoms with Crippen LogP contribution in [0.5, 0.6) is 0 Å². The summed E-state index contributed by atoms with van der Waals surface area (Å²) >= 11 is 5.59. The normalized spacial score (nSPS) is 10.6. The third-order valence-electron chi connectivity index (χ3n) is 1.54. The molecule has 0 bridgehead atoms. The summed E-state index contributed by atoms with van der Waals surface area (Å²) in [4.78, 5) is 4.07. The molecule has 2 aromatic heterocycles. The highest BCUT2D eigenvalue weighted by Crippen LogP contribution is 2.23. The summed E-state index contributed by atoms with van der Waals surface area (Å²) in [5.74, 6) is 0.900. The molecule has 0 aromatic carbocycles. The van der Waals surface area contributed by atoms with Crippen LogP contribution < -0.4 is 5.73 Å². The van der Waals surface area contributed by atoms with Crippen LogP contribution in [0.3, 0.4) is 0 Å². The van der Waals surface area contributed by atoms with Crippen LogP contribution in [0.15, 0.2) is 27.2 Å². The molecule has 5 heteroatoms. The van der Waals surface area contributed by atoms with Gasteiger partial charge in [-0.1, -0.05) is 0 Å². The second kappa shape index (κ2) is 3.24. The molecule has 0 saturated heterocycles. The largest absolute Gasteiger partial charge is 0.442 e. The molecule has 0 unspecified atom stereocenters. The van der Waals surface area contributed by atoms with Gasteiger partial charge in [-0.2, -0.15) is 0 Å². The number of nitrogens with zero attached hydrogens (tertiary/aromatic N) is 1. The van der Waals surface area contributed by atoms with Gasteiger partial charge < -0.3 is 14.6 Å². The molecule has 0 aliphatic rings. The van der Waals surface area contributed by atoms with Gasteiger partial charge in [0, 0.05) is 6.54 Å². The summed E-state index contributed by atoms with van der Waals surface area (Å²) in [6, 6.07) is 3.32. The maximum atomic E-state index is 5.59. The minimum Gasteiger partial charge on any atom is -0.442 e. The van der Waals surface area contributed by atoms with Crippen molar-refractivity contribution in [1.29, 1.82) is 0 Å². The number of rotatable bonds is 2. The quantitative estimate of drug-likeness (QED) is 0.802. The Hall–Kier alpha value is -1.26. The van der Waals surface area contributed by atoms with Gasteiger partial charge in [0.25, 0.3) is 5.89 Å². The second-order valence-electron chi connectivity index (χ2n) is 2.45. The van der Waals surface area contributed by atoms with Gasteiger partial charge in [-0.05, 0) is 23.7 Å². The van der Waals surface area contributed by atoms with Crippen LogP contribution in [0, 0.1) is 0 Å². The van der Waals surface area contributed by atoms with Crippen molar-refractivity contribution >= 4 is 11.6 Å². The molecule has 13 heavy (non-hydrogen) atoms. The zero-order chi connectivity index (χ0) is 9.26. The van der Waals surface area contributed by atoms with Crippen molar-refractivity contribution in [2.75, 3.05) is 0 Å². The fraction of sp³-hybridized carbons (Fsp3) is 0.125. The molecule has 0 atom stereocenters. The van der Waals surface area contributed by atoms with E-state index in [1.165, 1.54) is 6.26 Å². The molecule has 0 amide bonds. The first-order valence-electron chi connectivity index (χ1n) is 3.70. The average Bonchev–Trinajstić information content (AvgIpc) is 2.71. The van der Waals surface area contributed by atoms with E-state index in [-0.39, 0.29) is 0 Å². The van der Waals surface area contributed by atoms with E-state index in [4.69, 9.17) is 26.2 Å². The highest BCUT2D eigenvalue weighted by atomic mass is 35.5. The summed E-state index contributed by atoms with van der Waals surface area (Å²) < 4.78 is 10.2. The number of oxazole rings is 1. The molecular weight excluding hydrogens is 192 g/mol. The van der Waals surface area contributed by atoms with Gasteiger partial charge in [-0.15, -0.1) is 0 Å². The summed E-state index contributed by atoms with van der Waals surface area (Å²) in [6.45, 7) is 0.345. The lowest BCUT2D eigenvalue weighted by molar-refractivity contribution is 0.518. The number of hydrogen-bond acceptors (Lipinski definition) is 4. The van der Waals surface area contributed by atoms with Crippen LogP contribution in [0.1, 0.15) is 5.69 Å². The molecule has 0 saturated carbocycles. The minimum absolute atomic E-state index is 0.308. The monoisotopic (exact) mass is 198 g/mol. The molecular formula is C8H7ClN2O2. The standard InChI is InChI=1S/C8H7ClN2O2/c9-7-2-1-6(13-7)8-11-5(3-10)4-12-8/h1-2,4H,3,10H2. The van der Waals surface area contributed by atoms with Crippen LogP contribution in [0.4, 0.5) is 0 Å². The van der Waals surface area contributed by atoms with Crippen molar-refractivity contribution in [2.45, 2.75) is 6.54 Å². The van der Waals surface area contributed by atoms with Gasteiger partial charge in [0.1, 0.15) is 6.26 Å². The molecule has 0 fully saturated rings. The van der Waals surface area contributed by atoms with Gasteiger partial charge in [-0.3, -0.25) is 0 Å². The lowest BCUT2D eigenvalue weighted by atomic mass is 10.4. The Balaban J connectivity index is 2.35. The van der Waals surface area contributed by atoms with E-state index < -0.39 is 0 Å². The zero-order valence-electron chi connectivity index (χ0n) is 6.66. The predicted octanol–water partition coefficient (Wildman–Crippen LogP) is 2.05. The van der Waals surface area contributed by atoms with Crippen molar-refractivity contribution in [2.24, 2.45) is 5.73 Å². The molecule has 0 radical (unpaired) electrons. The van der Waals surface area contributed by atoms with E-state index in [0.29, 0.717) is 29.1 Å². The van der Waals surface area contributed by atoms with E-state index in [0.717, 1.165) is 0 Å². The fourth-order valence-corrected chi connectivity index (χ4v) is 1.09. The van der Waals surface area contributed by atoms with Crippen molar-refractivity contribution in [3.8, 4) is 11.7 Å². The summed E-state index contributed by atoms with van der Waals surface area (Å²) in [5.41, 5.74) is 6.05. The van der Waals surface area contributed by atoms with E-state index in [9.17, 15) is 0 Å². The van der Waals surface area contributed by atoms with Crippen molar-refractivity contribution in [1.82, 2.24) is 4.98 Å². The van der Waals surface area contributed by atoms with Crippen LogP contribution in [0.25, 0.3) is 11.7 Å². The third-order valence-corrected chi connectivity index (χ3v) is 1.75. The van der Waals surface area contributed by atoms with E-state index >= 15 is 0 Å². The van der Waals surface area contributed by atoms with Crippen molar-refractivity contribution in [3.63, 3.8) is 0 Å². The van der Waals surface area contributed by atoms with E-state index in [2.05, 4.69) is 4.98 Å². The Kier molecular flexibility index (Phi) is 2.08. The number of hydrogen-bond donors (Lipinski definition) is 1. The molecule has 2 aromatic rings. The fourth-order valence-electron chi connectivity index (χ4n) is 0.943. The first-order valence-corrected chi connectivity index (χ1v) is 4.07. The molecule has 2 N–H and O–H groups in total.